The highest BCUT2D eigenvalue weighted by Crippen LogP contribution is 2.18. The van der Waals surface area contributed by atoms with Crippen LogP contribution in [-0.2, 0) is 16.0 Å². The van der Waals surface area contributed by atoms with Crippen LogP contribution in [0.25, 0.3) is 0 Å². The Bertz CT molecular complexity index is 666. The number of halogens is 1. The van der Waals surface area contributed by atoms with E-state index in [9.17, 15) is 9.18 Å². The molecule has 1 aliphatic heterocycles. The second-order valence-corrected chi connectivity index (χ2v) is 6.68. The zero-order chi connectivity index (χ0) is 16.8. The lowest BCUT2D eigenvalue weighted by Crippen LogP contribution is -2.47. The fraction of sp³-hybridized carbons (Fsp3) is 0.333. The van der Waals surface area contributed by atoms with Gasteiger partial charge in [0.2, 0.25) is 5.91 Å². The number of ether oxygens (including phenoxy) is 1. The molecule has 0 radical (unpaired) electrons. The van der Waals surface area contributed by atoms with Crippen LogP contribution in [0.2, 0.25) is 0 Å². The largest absolute Gasteiger partial charge is 0.374 e. The van der Waals surface area contributed by atoms with Crippen molar-refractivity contribution in [3.63, 3.8) is 0 Å². The van der Waals surface area contributed by atoms with Crippen LogP contribution in [0.1, 0.15) is 5.56 Å². The van der Waals surface area contributed by atoms with Crippen molar-refractivity contribution in [3.05, 3.63) is 60.2 Å². The van der Waals surface area contributed by atoms with Crippen molar-refractivity contribution < 1.29 is 13.9 Å². The van der Waals surface area contributed by atoms with Crippen molar-refractivity contribution in [2.75, 3.05) is 25.4 Å². The molecule has 0 aliphatic carbocycles. The lowest BCUT2D eigenvalue weighted by atomic mass is 10.1. The highest BCUT2D eigenvalue weighted by molar-refractivity contribution is 8.00. The van der Waals surface area contributed by atoms with E-state index in [-0.39, 0.29) is 17.8 Å². The summed E-state index contributed by atoms with van der Waals surface area (Å²) in [4.78, 5) is 19.3. The summed E-state index contributed by atoms with van der Waals surface area (Å²) < 4.78 is 18.7. The number of hydrogen-bond donors (Lipinski definition) is 0. The fourth-order valence-electron chi connectivity index (χ4n) is 2.62. The molecule has 0 bridgehead atoms. The van der Waals surface area contributed by atoms with Crippen molar-refractivity contribution >= 4 is 17.7 Å². The van der Waals surface area contributed by atoms with E-state index in [1.807, 2.05) is 17.0 Å². The maximum absolute atomic E-state index is 13.0. The quantitative estimate of drug-likeness (QED) is 0.781. The van der Waals surface area contributed by atoms with Gasteiger partial charge in [-0.15, -0.1) is 11.8 Å². The molecule has 1 aromatic carbocycles. The van der Waals surface area contributed by atoms with Gasteiger partial charge in [0.1, 0.15) is 5.82 Å². The topological polar surface area (TPSA) is 42.4 Å². The molecule has 1 aliphatic rings. The van der Waals surface area contributed by atoms with E-state index in [1.165, 1.54) is 23.9 Å². The van der Waals surface area contributed by atoms with Crippen LogP contribution in [0.4, 0.5) is 4.39 Å². The van der Waals surface area contributed by atoms with Gasteiger partial charge in [0.25, 0.3) is 0 Å². The van der Waals surface area contributed by atoms with Crippen LogP contribution in [-0.4, -0.2) is 47.3 Å². The van der Waals surface area contributed by atoms with Crippen LogP contribution in [0.15, 0.2) is 53.7 Å². The summed E-state index contributed by atoms with van der Waals surface area (Å²) >= 11 is 1.52. The summed E-state index contributed by atoms with van der Waals surface area (Å²) in [5.41, 5.74) is 1.02. The molecule has 0 spiro atoms. The lowest BCUT2D eigenvalue weighted by molar-refractivity contribution is -0.135. The maximum Gasteiger partial charge on any atom is 0.233 e. The summed E-state index contributed by atoms with van der Waals surface area (Å²) in [5.74, 6) is 0.283. The van der Waals surface area contributed by atoms with Gasteiger partial charge in [-0.1, -0.05) is 12.1 Å². The molecule has 1 saturated heterocycles. The van der Waals surface area contributed by atoms with Gasteiger partial charge >= 0.3 is 0 Å². The van der Waals surface area contributed by atoms with Gasteiger partial charge in [0.05, 0.1) is 18.5 Å². The zero-order valence-electron chi connectivity index (χ0n) is 13.2. The molecule has 1 aromatic heterocycles. The van der Waals surface area contributed by atoms with E-state index in [0.717, 1.165) is 10.5 Å². The molecule has 3 rings (SSSR count). The second kappa shape index (κ2) is 8.26. The number of nitrogens with zero attached hydrogens (tertiary/aromatic N) is 2. The molecule has 6 heteroatoms. The molecule has 1 amide bonds. The van der Waals surface area contributed by atoms with Crippen molar-refractivity contribution in [2.45, 2.75) is 17.4 Å². The third kappa shape index (κ3) is 4.79. The Morgan fingerprint density at radius 2 is 2.00 bits per heavy atom. The van der Waals surface area contributed by atoms with Crippen LogP contribution in [0.3, 0.4) is 0 Å². The summed E-state index contributed by atoms with van der Waals surface area (Å²) in [5, 5.41) is 0. The highest BCUT2D eigenvalue weighted by atomic mass is 32.2. The van der Waals surface area contributed by atoms with Crippen molar-refractivity contribution in [2.24, 2.45) is 0 Å². The number of carbonyl (C=O) groups excluding carboxylic acids is 1. The van der Waals surface area contributed by atoms with Crippen molar-refractivity contribution in [1.29, 1.82) is 0 Å². The van der Waals surface area contributed by atoms with Crippen LogP contribution in [0.5, 0.6) is 0 Å². The van der Waals surface area contributed by atoms with E-state index in [0.29, 0.717) is 31.9 Å². The fourth-order valence-corrected chi connectivity index (χ4v) is 3.41. The van der Waals surface area contributed by atoms with E-state index >= 15 is 0 Å². The molecule has 24 heavy (non-hydrogen) atoms. The summed E-state index contributed by atoms with van der Waals surface area (Å²) in [6.45, 7) is 1.74. The van der Waals surface area contributed by atoms with Gasteiger partial charge < -0.3 is 9.64 Å². The van der Waals surface area contributed by atoms with E-state index in [1.54, 1.807) is 24.5 Å². The summed E-state index contributed by atoms with van der Waals surface area (Å²) in [7, 11) is 0. The molecule has 126 valence electrons. The number of carbonyl (C=O) groups is 1. The van der Waals surface area contributed by atoms with Gasteiger partial charge in [-0.3, -0.25) is 9.78 Å². The first-order valence-corrected chi connectivity index (χ1v) is 8.86. The third-order valence-electron chi connectivity index (χ3n) is 3.88. The smallest absolute Gasteiger partial charge is 0.233 e. The molecule has 2 aromatic rings. The molecule has 4 nitrogen and oxygen atoms in total. The average molecular weight is 346 g/mol. The summed E-state index contributed by atoms with van der Waals surface area (Å²) in [6.07, 6.45) is 4.08. The van der Waals surface area contributed by atoms with E-state index in [4.69, 9.17) is 4.74 Å². The number of hydrogen-bond acceptors (Lipinski definition) is 4. The van der Waals surface area contributed by atoms with Gasteiger partial charge in [0.15, 0.2) is 0 Å². The Morgan fingerprint density at radius 3 is 2.75 bits per heavy atom. The minimum Gasteiger partial charge on any atom is -0.374 e. The minimum absolute atomic E-state index is 0.0425. The Hall–Kier alpha value is -1.92. The molecular weight excluding hydrogens is 327 g/mol. The number of thioether (sulfide) groups is 1. The van der Waals surface area contributed by atoms with Crippen LogP contribution in [0, 0.1) is 5.82 Å². The Labute approximate surface area is 145 Å². The molecule has 0 N–H and O–H groups in total. The number of amides is 1. The molecule has 1 atom stereocenters. The van der Waals surface area contributed by atoms with Crippen molar-refractivity contribution in [3.8, 4) is 0 Å². The SMILES string of the molecule is O=C(CSc1ccncc1)N1CCOC(Cc2ccc(F)cc2)C1. The number of pyridine rings is 1. The number of morpholine rings is 1. The number of benzene rings is 1. The van der Waals surface area contributed by atoms with E-state index in [2.05, 4.69) is 4.98 Å². The first-order chi connectivity index (χ1) is 11.7. The van der Waals surface area contributed by atoms with Crippen molar-refractivity contribution in [1.82, 2.24) is 9.88 Å². The predicted octanol–water partition coefficient (Wildman–Crippen LogP) is 2.78. The zero-order valence-corrected chi connectivity index (χ0v) is 14.0. The van der Waals surface area contributed by atoms with Gasteiger partial charge in [-0.2, -0.15) is 0 Å². The second-order valence-electron chi connectivity index (χ2n) is 5.63. The Morgan fingerprint density at radius 1 is 1.25 bits per heavy atom. The first kappa shape index (κ1) is 16.9. The Balaban J connectivity index is 1.51. The van der Waals surface area contributed by atoms with Crippen LogP contribution >= 0.6 is 11.8 Å². The van der Waals surface area contributed by atoms with Gasteiger partial charge in [-0.25, -0.2) is 4.39 Å². The molecule has 1 fully saturated rings. The lowest BCUT2D eigenvalue weighted by Gasteiger charge is -2.33. The highest BCUT2D eigenvalue weighted by Gasteiger charge is 2.24. The number of rotatable bonds is 5. The first-order valence-electron chi connectivity index (χ1n) is 7.87. The molecular formula is C18H19FN2O2S. The standard InChI is InChI=1S/C18H19FN2O2S/c19-15-3-1-14(2-4-15)11-16-12-21(9-10-23-16)18(22)13-24-17-5-7-20-8-6-17/h1-8,16H,9-13H2. The maximum atomic E-state index is 13.0. The Kier molecular flexibility index (Phi) is 5.82. The molecule has 0 saturated carbocycles. The minimum atomic E-state index is -0.242. The average Bonchev–Trinajstić information content (AvgIpc) is 2.63. The monoisotopic (exact) mass is 346 g/mol. The normalized spacial score (nSPS) is 17.7. The predicted molar refractivity (Wildman–Crippen MR) is 91.4 cm³/mol. The van der Waals surface area contributed by atoms with Gasteiger partial charge in [0, 0.05) is 36.8 Å². The molecule has 1 unspecified atom stereocenters. The third-order valence-corrected chi connectivity index (χ3v) is 4.88. The summed E-state index contributed by atoms with van der Waals surface area (Å²) in [6, 6.07) is 10.2. The number of aromatic nitrogens is 1. The van der Waals surface area contributed by atoms with Gasteiger partial charge in [-0.05, 0) is 29.8 Å². The van der Waals surface area contributed by atoms with E-state index < -0.39 is 0 Å². The molecule has 2 heterocycles. The van der Waals surface area contributed by atoms with Crippen LogP contribution < -0.4 is 0 Å².